The molecule has 1 aliphatic carbocycles. The van der Waals surface area contributed by atoms with Gasteiger partial charge in [0.1, 0.15) is 0 Å². The minimum Gasteiger partial charge on any atom is -0.310 e. The van der Waals surface area contributed by atoms with Gasteiger partial charge in [-0.15, -0.1) is 0 Å². The lowest BCUT2D eigenvalue weighted by atomic mass is 10.1. The summed E-state index contributed by atoms with van der Waals surface area (Å²) in [6.45, 7) is 2.86. The van der Waals surface area contributed by atoms with E-state index in [0.717, 1.165) is 17.9 Å². The first kappa shape index (κ1) is 14.5. The summed E-state index contributed by atoms with van der Waals surface area (Å²) in [5.74, 6) is 0.894. The van der Waals surface area contributed by atoms with Crippen molar-refractivity contribution in [1.29, 1.82) is 0 Å². The molecule has 19 heavy (non-hydrogen) atoms. The van der Waals surface area contributed by atoms with Crippen LogP contribution in [0.25, 0.3) is 0 Å². The molecular formula is C14H19BrN2O2. The quantitative estimate of drug-likeness (QED) is 0.608. The lowest BCUT2D eigenvalue weighted by Crippen LogP contribution is -2.28. The summed E-state index contributed by atoms with van der Waals surface area (Å²) in [5.41, 5.74) is 1.08. The van der Waals surface area contributed by atoms with Crippen LogP contribution in [0.15, 0.2) is 22.7 Å². The van der Waals surface area contributed by atoms with Crippen molar-refractivity contribution in [2.24, 2.45) is 5.92 Å². The predicted molar refractivity (Wildman–Crippen MR) is 79.1 cm³/mol. The molecule has 1 fully saturated rings. The van der Waals surface area contributed by atoms with Gasteiger partial charge in [-0.1, -0.05) is 31.9 Å². The van der Waals surface area contributed by atoms with E-state index in [1.807, 2.05) is 6.07 Å². The first-order valence-corrected chi connectivity index (χ1v) is 7.56. The fourth-order valence-corrected chi connectivity index (χ4v) is 2.80. The van der Waals surface area contributed by atoms with E-state index in [2.05, 4.69) is 28.2 Å². The van der Waals surface area contributed by atoms with E-state index in [-0.39, 0.29) is 10.6 Å². The minimum absolute atomic E-state index is 0.134. The van der Waals surface area contributed by atoms with Crippen LogP contribution in [0.4, 0.5) is 5.69 Å². The Kier molecular flexibility index (Phi) is 4.93. The maximum Gasteiger partial charge on any atom is 0.283 e. The Morgan fingerprint density at radius 1 is 1.53 bits per heavy atom. The molecule has 0 spiro atoms. The second-order valence-electron chi connectivity index (χ2n) is 5.17. The fraction of sp³-hybridized carbons (Fsp3) is 0.571. The molecular weight excluding hydrogens is 308 g/mol. The van der Waals surface area contributed by atoms with Crippen LogP contribution < -0.4 is 5.32 Å². The molecule has 1 atom stereocenters. The lowest BCUT2D eigenvalue weighted by Gasteiger charge is -2.17. The van der Waals surface area contributed by atoms with Crippen LogP contribution in [0.2, 0.25) is 0 Å². The second kappa shape index (κ2) is 6.48. The molecule has 0 bridgehead atoms. The zero-order valence-electron chi connectivity index (χ0n) is 11.1. The van der Waals surface area contributed by atoms with E-state index in [0.29, 0.717) is 17.1 Å². The number of rotatable bonds is 7. The van der Waals surface area contributed by atoms with Gasteiger partial charge in [-0.2, -0.15) is 0 Å². The number of nitrogens with one attached hydrogen (secondary N) is 1. The standard InChI is InChI=1S/C14H19BrN2O2/c1-2-12(8-10-6-7-10)16-9-11-4-3-5-13(14(11)15)17(18)19/h3-5,10,12,16H,2,6-9H2,1H3. The van der Waals surface area contributed by atoms with Gasteiger partial charge in [0.2, 0.25) is 0 Å². The highest BCUT2D eigenvalue weighted by molar-refractivity contribution is 9.10. The number of nitro benzene ring substituents is 1. The third-order valence-electron chi connectivity index (χ3n) is 3.64. The molecule has 2 rings (SSSR count). The number of benzene rings is 1. The summed E-state index contributed by atoms with van der Waals surface area (Å²) >= 11 is 3.34. The predicted octanol–water partition coefficient (Wildman–Crippen LogP) is 4.03. The van der Waals surface area contributed by atoms with Gasteiger partial charge in [-0.25, -0.2) is 0 Å². The Bertz CT molecular complexity index is 461. The van der Waals surface area contributed by atoms with Crippen molar-refractivity contribution in [3.05, 3.63) is 38.3 Å². The van der Waals surface area contributed by atoms with Gasteiger partial charge in [-0.3, -0.25) is 10.1 Å². The Morgan fingerprint density at radius 3 is 2.84 bits per heavy atom. The zero-order chi connectivity index (χ0) is 13.8. The Hall–Kier alpha value is -0.940. The monoisotopic (exact) mass is 326 g/mol. The van der Waals surface area contributed by atoms with Crippen molar-refractivity contribution in [2.75, 3.05) is 0 Å². The SMILES string of the molecule is CCC(CC1CC1)NCc1cccc([N+](=O)[O-])c1Br. The van der Waals surface area contributed by atoms with Crippen molar-refractivity contribution in [3.63, 3.8) is 0 Å². The van der Waals surface area contributed by atoms with Crippen LogP contribution in [0.1, 0.15) is 38.2 Å². The Morgan fingerprint density at radius 2 is 2.26 bits per heavy atom. The van der Waals surface area contributed by atoms with E-state index in [4.69, 9.17) is 0 Å². The highest BCUT2D eigenvalue weighted by atomic mass is 79.9. The number of nitro groups is 1. The third-order valence-corrected chi connectivity index (χ3v) is 4.56. The number of hydrogen-bond acceptors (Lipinski definition) is 3. The van der Waals surface area contributed by atoms with Gasteiger partial charge < -0.3 is 5.32 Å². The van der Waals surface area contributed by atoms with Crippen LogP contribution in [-0.2, 0) is 6.54 Å². The number of halogens is 1. The van der Waals surface area contributed by atoms with Gasteiger partial charge in [0.15, 0.2) is 0 Å². The van der Waals surface area contributed by atoms with Gasteiger partial charge >= 0.3 is 0 Å². The van der Waals surface area contributed by atoms with Crippen LogP contribution in [0, 0.1) is 16.0 Å². The minimum atomic E-state index is -0.352. The van der Waals surface area contributed by atoms with Crippen molar-refractivity contribution >= 4 is 21.6 Å². The fourth-order valence-electron chi connectivity index (χ4n) is 2.25. The first-order valence-electron chi connectivity index (χ1n) is 6.77. The maximum absolute atomic E-state index is 10.9. The van der Waals surface area contributed by atoms with E-state index in [1.165, 1.54) is 25.3 Å². The Labute approximate surface area is 121 Å². The molecule has 5 heteroatoms. The molecule has 0 amide bonds. The molecule has 1 N–H and O–H groups in total. The van der Waals surface area contributed by atoms with Crippen LogP contribution in [-0.4, -0.2) is 11.0 Å². The lowest BCUT2D eigenvalue weighted by molar-refractivity contribution is -0.385. The highest BCUT2D eigenvalue weighted by Crippen LogP contribution is 2.34. The first-order chi connectivity index (χ1) is 9.11. The summed E-state index contributed by atoms with van der Waals surface area (Å²) in [6.07, 6.45) is 5.05. The normalized spacial score (nSPS) is 16.3. The van der Waals surface area contributed by atoms with Gasteiger partial charge in [0, 0.05) is 18.7 Å². The van der Waals surface area contributed by atoms with Crippen molar-refractivity contribution < 1.29 is 4.92 Å². The maximum atomic E-state index is 10.9. The molecule has 1 unspecified atom stereocenters. The molecule has 0 aromatic heterocycles. The topological polar surface area (TPSA) is 55.2 Å². The highest BCUT2D eigenvalue weighted by Gasteiger charge is 2.24. The van der Waals surface area contributed by atoms with Gasteiger partial charge in [0.25, 0.3) is 5.69 Å². The zero-order valence-corrected chi connectivity index (χ0v) is 12.6. The average Bonchev–Trinajstić information content (AvgIpc) is 3.19. The number of hydrogen-bond donors (Lipinski definition) is 1. The number of nitrogens with zero attached hydrogens (tertiary/aromatic N) is 1. The van der Waals surface area contributed by atoms with E-state index in [9.17, 15) is 10.1 Å². The molecule has 1 aromatic carbocycles. The summed E-state index contributed by atoms with van der Waals surface area (Å²) in [7, 11) is 0. The molecule has 1 aliphatic rings. The Balaban J connectivity index is 1.97. The largest absolute Gasteiger partial charge is 0.310 e. The molecule has 104 valence electrons. The molecule has 0 heterocycles. The molecule has 0 radical (unpaired) electrons. The second-order valence-corrected chi connectivity index (χ2v) is 5.97. The van der Waals surface area contributed by atoms with E-state index in [1.54, 1.807) is 6.07 Å². The summed E-state index contributed by atoms with van der Waals surface area (Å²) < 4.78 is 0.591. The molecule has 1 saturated carbocycles. The summed E-state index contributed by atoms with van der Waals surface area (Å²) in [4.78, 5) is 10.5. The van der Waals surface area contributed by atoms with E-state index >= 15 is 0 Å². The molecule has 0 saturated heterocycles. The van der Waals surface area contributed by atoms with Gasteiger partial charge in [0.05, 0.1) is 9.40 Å². The van der Waals surface area contributed by atoms with Crippen molar-refractivity contribution in [3.8, 4) is 0 Å². The molecule has 1 aromatic rings. The molecule has 0 aliphatic heterocycles. The van der Waals surface area contributed by atoms with Crippen LogP contribution in [0.5, 0.6) is 0 Å². The van der Waals surface area contributed by atoms with Gasteiger partial charge in [-0.05, 0) is 40.3 Å². The molecule has 4 nitrogen and oxygen atoms in total. The smallest absolute Gasteiger partial charge is 0.283 e. The summed E-state index contributed by atoms with van der Waals surface area (Å²) in [6, 6.07) is 5.70. The van der Waals surface area contributed by atoms with Crippen molar-refractivity contribution in [2.45, 2.75) is 45.2 Å². The van der Waals surface area contributed by atoms with E-state index < -0.39 is 0 Å². The van der Waals surface area contributed by atoms with Crippen LogP contribution >= 0.6 is 15.9 Å². The average molecular weight is 327 g/mol. The van der Waals surface area contributed by atoms with Crippen molar-refractivity contribution in [1.82, 2.24) is 5.32 Å². The van der Waals surface area contributed by atoms with Crippen LogP contribution in [0.3, 0.4) is 0 Å². The summed E-state index contributed by atoms with van der Waals surface area (Å²) in [5, 5.41) is 14.4. The third kappa shape index (κ3) is 4.01.